The summed E-state index contributed by atoms with van der Waals surface area (Å²) in [6.45, 7) is 2.89. The van der Waals surface area contributed by atoms with E-state index in [9.17, 15) is 58.2 Å². The Morgan fingerprint density at radius 1 is 1.00 bits per heavy atom. The summed E-state index contributed by atoms with van der Waals surface area (Å²) in [6.07, 6.45) is -22.7. The summed E-state index contributed by atoms with van der Waals surface area (Å²) in [7, 11) is 0. The Morgan fingerprint density at radius 3 is 1.71 bits per heavy atom. The molecule has 0 saturated carbocycles. The number of hydrogen-bond donors (Lipinski definition) is 1. The first-order valence-corrected chi connectivity index (χ1v) is 6.88. The Hall–Kier alpha value is -1.64. The van der Waals surface area contributed by atoms with Crippen molar-refractivity contribution in [1.29, 1.82) is 0 Å². The van der Waals surface area contributed by atoms with Crippen LogP contribution in [-0.4, -0.2) is 52.5 Å². The van der Waals surface area contributed by atoms with E-state index in [0.717, 1.165) is 0 Å². The van der Waals surface area contributed by atoms with Crippen molar-refractivity contribution in [3.63, 3.8) is 0 Å². The molecule has 3 atom stereocenters. The molecule has 0 spiro atoms. The molecular weight excluding hydrogens is 429 g/mol. The molecule has 0 amide bonds. The average Bonchev–Trinajstić information content (AvgIpc) is 2.40. The fourth-order valence-electron chi connectivity index (χ4n) is 2.36. The van der Waals surface area contributed by atoms with E-state index >= 15 is 0 Å². The number of carbonyl (C=O) groups excluding carboxylic acids is 1. The molecule has 0 aliphatic carbocycles. The average molecular weight is 440 g/mol. The highest BCUT2D eigenvalue weighted by atomic mass is 19.4. The van der Waals surface area contributed by atoms with Gasteiger partial charge in [-0.05, 0) is 13.8 Å². The van der Waals surface area contributed by atoms with Crippen LogP contribution in [0.1, 0.15) is 20.3 Å². The predicted octanol–water partition coefficient (Wildman–Crippen LogP) is 4.03. The van der Waals surface area contributed by atoms with Crippen LogP contribution in [0.25, 0.3) is 0 Å². The van der Waals surface area contributed by atoms with Crippen LogP contribution < -0.4 is 0 Å². The molecule has 1 fully saturated rings. The molecule has 28 heavy (non-hydrogen) atoms. The monoisotopic (exact) mass is 440 g/mol. The first kappa shape index (κ1) is 24.4. The minimum atomic E-state index is -6.87. The first-order chi connectivity index (χ1) is 12.0. The maximum atomic E-state index is 14.4. The summed E-state index contributed by atoms with van der Waals surface area (Å²) in [5.41, 5.74) is -11.5. The minimum Gasteiger partial charge on any atom is -0.439 e. The van der Waals surface area contributed by atoms with Gasteiger partial charge in [-0.2, -0.15) is 48.3 Å². The summed E-state index contributed by atoms with van der Waals surface area (Å²) in [6, 6.07) is 0. The van der Waals surface area contributed by atoms with Gasteiger partial charge < -0.3 is 14.6 Å². The quantitative estimate of drug-likeness (QED) is 0.400. The van der Waals surface area contributed by atoms with Gasteiger partial charge in [0.15, 0.2) is 5.60 Å². The number of aliphatic hydroxyl groups is 1. The Bertz CT molecular complexity index is 665. The third kappa shape index (κ3) is 3.21. The molecule has 0 aromatic heterocycles. The molecule has 0 radical (unpaired) electrons. The lowest BCUT2D eigenvalue weighted by atomic mass is 9.74. The Morgan fingerprint density at radius 2 is 1.43 bits per heavy atom. The van der Waals surface area contributed by atoms with Gasteiger partial charge in [-0.1, -0.05) is 6.58 Å². The fourth-order valence-corrected chi connectivity index (χ4v) is 2.36. The van der Waals surface area contributed by atoms with Crippen LogP contribution in [-0.2, 0) is 14.3 Å². The van der Waals surface area contributed by atoms with Gasteiger partial charge >= 0.3 is 36.2 Å². The summed E-state index contributed by atoms with van der Waals surface area (Å²) >= 11 is 0. The van der Waals surface area contributed by atoms with Crippen molar-refractivity contribution in [2.45, 2.75) is 61.7 Å². The van der Waals surface area contributed by atoms with Crippen LogP contribution in [0.4, 0.5) is 48.3 Å². The summed E-state index contributed by atoms with van der Waals surface area (Å²) < 4.78 is 155. The first-order valence-electron chi connectivity index (χ1n) is 6.88. The van der Waals surface area contributed by atoms with Crippen LogP contribution in [0.5, 0.6) is 0 Å². The van der Waals surface area contributed by atoms with E-state index < -0.39 is 66.3 Å². The summed E-state index contributed by atoms with van der Waals surface area (Å²) in [5, 5.41) is 9.27. The van der Waals surface area contributed by atoms with Crippen molar-refractivity contribution in [3.8, 4) is 0 Å². The summed E-state index contributed by atoms with van der Waals surface area (Å²) in [5.74, 6) is -15.3. The zero-order chi connectivity index (χ0) is 22.8. The van der Waals surface area contributed by atoms with Gasteiger partial charge in [0.1, 0.15) is 0 Å². The second-order valence-corrected chi connectivity index (χ2v) is 6.22. The van der Waals surface area contributed by atoms with Crippen molar-refractivity contribution < 1.29 is 67.7 Å². The van der Waals surface area contributed by atoms with E-state index in [1.807, 2.05) is 0 Å². The Labute approximate surface area is 148 Å². The van der Waals surface area contributed by atoms with Crippen molar-refractivity contribution in [2.75, 3.05) is 0 Å². The minimum absolute atomic E-state index is 0.436. The van der Waals surface area contributed by atoms with Crippen LogP contribution >= 0.6 is 0 Å². The Balaban J connectivity index is 3.98. The van der Waals surface area contributed by atoms with E-state index in [4.69, 9.17) is 0 Å². The molecular formula is C13H11F11O4. The predicted molar refractivity (Wildman–Crippen MR) is 65.8 cm³/mol. The van der Waals surface area contributed by atoms with E-state index in [-0.39, 0.29) is 0 Å². The lowest BCUT2D eigenvalue weighted by Crippen LogP contribution is -2.82. The molecule has 1 aliphatic rings. The number of esters is 1. The second-order valence-electron chi connectivity index (χ2n) is 6.22. The van der Waals surface area contributed by atoms with E-state index in [1.54, 1.807) is 0 Å². The maximum Gasteiger partial charge on any atom is 0.449 e. The van der Waals surface area contributed by atoms with Crippen molar-refractivity contribution >= 4 is 5.97 Å². The van der Waals surface area contributed by atoms with Gasteiger partial charge in [0.05, 0.1) is 0 Å². The molecule has 1 N–H and O–H groups in total. The van der Waals surface area contributed by atoms with Gasteiger partial charge in [-0.15, -0.1) is 0 Å². The number of ether oxygens (including phenoxy) is 2. The van der Waals surface area contributed by atoms with Crippen LogP contribution in [0.3, 0.4) is 0 Å². The smallest absolute Gasteiger partial charge is 0.439 e. The topological polar surface area (TPSA) is 55.8 Å². The van der Waals surface area contributed by atoms with Crippen LogP contribution in [0, 0.1) is 0 Å². The molecule has 4 nitrogen and oxygen atoms in total. The molecule has 0 bridgehead atoms. The van der Waals surface area contributed by atoms with E-state index in [1.165, 1.54) is 0 Å². The maximum absolute atomic E-state index is 14.4. The highest BCUT2D eigenvalue weighted by molar-refractivity contribution is 5.87. The van der Waals surface area contributed by atoms with E-state index in [0.29, 0.717) is 6.92 Å². The van der Waals surface area contributed by atoms with Gasteiger partial charge in [0.25, 0.3) is 5.60 Å². The van der Waals surface area contributed by atoms with Crippen LogP contribution in [0.15, 0.2) is 12.2 Å². The van der Waals surface area contributed by atoms with Crippen molar-refractivity contribution in [1.82, 2.24) is 0 Å². The summed E-state index contributed by atoms with van der Waals surface area (Å²) in [4.78, 5) is 11.4. The molecule has 164 valence electrons. The highest BCUT2D eigenvalue weighted by Gasteiger charge is 2.91. The van der Waals surface area contributed by atoms with Crippen LogP contribution in [0.2, 0.25) is 0 Å². The second kappa shape index (κ2) is 6.18. The zero-order valence-corrected chi connectivity index (χ0v) is 13.7. The Kier molecular flexibility index (Phi) is 5.38. The fraction of sp³-hybridized carbons (Fsp3) is 0.769. The number of carbonyl (C=O) groups is 1. The van der Waals surface area contributed by atoms with Crippen molar-refractivity contribution in [2.24, 2.45) is 0 Å². The normalized spacial score (nSPS) is 34.1. The van der Waals surface area contributed by atoms with Gasteiger partial charge in [-0.3, -0.25) is 0 Å². The zero-order valence-electron chi connectivity index (χ0n) is 13.7. The molecule has 1 saturated heterocycles. The van der Waals surface area contributed by atoms with Gasteiger partial charge in [-0.25, -0.2) is 4.79 Å². The molecule has 3 unspecified atom stereocenters. The third-order valence-electron chi connectivity index (χ3n) is 3.95. The molecule has 1 rings (SSSR count). The molecule has 0 aromatic rings. The number of rotatable bonds is 2. The standard InChI is InChI=1S/C13H11F11O4/c1-5(2)6(25)27-8(12(19,20)21)4-7(3,11(16,17)18)28-10(26,9(8,14)15)13(22,23)24/h26H,1,4H2,2-3H3. The van der Waals surface area contributed by atoms with Crippen molar-refractivity contribution in [3.05, 3.63) is 12.2 Å². The third-order valence-corrected chi connectivity index (χ3v) is 3.95. The molecule has 1 aliphatic heterocycles. The molecule has 15 heteroatoms. The SMILES string of the molecule is C=C(C)C(=O)OC1(C(F)(F)F)CC(C)(C(F)(F)F)OC(O)(C(F)(F)F)C1(F)F. The van der Waals surface area contributed by atoms with Gasteiger partial charge in [0, 0.05) is 12.0 Å². The number of halogens is 11. The largest absolute Gasteiger partial charge is 0.449 e. The molecule has 0 aromatic carbocycles. The number of alkyl halides is 11. The number of hydrogen-bond acceptors (Lipinski definition) is 4. The lowest BCUT2D eigenvalue weighted by molar-refractivity contribution is -0.534. The highest BCUT2D eigenvalue weighted by Crippen LogP contribution is 2.64. The molecule has 1 heterocycles. The van der Waals surface area contributed by atoms with E-state index in [2.05, 4.69) is 16.1 Å². The van der Waals surface area contributed by atoms with Gasteiger partial charge in [0.2, 0.25) is 0 Å². The lowest BCUT2D eigenvalue weighted by Gasteiger charge is -2.56.